The largest absolute Gasteiger partial charge is 0.683 e. The molecule has 1 atom stereocenters. The van der Waals surface area contributed by atoms with Gasteiger partial charge in [-0.25, -0.2) is 15.0 Å². The Kier molecular flexibility index (Phi) is 6.93. The second kappa shape index (κ2) is 10.0. The number of aromatic nitrogens is 3. The zero-order valence-electron chi connectivity index (χ0n) is 18.4. The van der Waals surface area contributed by atoms with Crippen LogP contribution in [0.2, 0.25) is 0 Å². The molecule has 5 rings (SSSR count). The van der Waals surface area contributed by atoms with Crippen molar-refractivity contribution in [2.75, 3.05) is 0 Å². The van der Waals surface area contributed by atoms with Gasteiger partial charge in [-0.15, -0.1) is 0 Å². The topological polar surface area (TPSA) is 52.8 Å². The maximum atomic E-state index is 4.80. The molecule has 0 spiro atoms. The molecule has 2 heterocycles. The molecule has 1 aliphatic heterocycles. The molecule has 0 bridgehead atoms. The third kappa shape index (κ3) is 5.16. The molecule has 165 valence electrons. The summed E-state index contributed by atoms with van der Waals surface area (Å²) in [7, 11) is 0. The average molecular weight is 607 g/mol. The van der Waals surface area contributed by atoms with Crippen LogP contribution in [0.3, 0.4) is 0 Å². The van der Waals surface area contributed by atoms with E-state index >= 15 is 0 Å². The number of benzene rings is 3. The summed E-state index contributed by atoms with van der Waals surface area (Å²) in [5.74, 6) is 1.94. The smallest absolute Gasteiger partial charge is 0.162 e. The van der Waals surface area contributed by atoms with E-state index in [1.807, 2.05) is 60.8 Å². The van der Waals surface area contributed by atoms with Gasteiger partial charge in [-0.2, -0.15) is 36.0 Å². The van der Waals surface area contributed by atoms with E-state index in [4.69, 9.17) is 15.0 Å². The Morgan fingerprint density at radius 1 is 0.667 bits per heavy atom. The number of hydrogen-bond donors (Lipinski definition) is 0. The molecule has 1 radical (unpaired) electrons. The fourth-order valence-electron chi connectivity index (χ4n) is 3.52. The molecule has 1 aromatic heterocycles. The molecule has 0 saturated heterocycles. The minimum atomic E-state index is -0.00125. The third-order valence-corrected chi connectivity index (χ3v) is 5.41. The molecule has 0 aliphatic carbocycles. The fraction of sp³-hybridized carbons (Fsp3) is 0.107. The number of allylic oxidation sites excluding steroid dienone is 2. The van der Waals surface area contributed by atoms with E-state index in [0.717, 1.165) is 22.3 Å². The number of rotatable bonds is 4. The van der Waals surface area contributed by atoms with E-state index in [1.165, 1.54) is 11.1 Å². The van der Waals surface area contributed by atoms with Gasteiger partial charge < -0.3 is 5.32 Å². The second-order valence-corrected chi connectivity index (χ2v) is 7.89. The predicted molar refractivity (Wildman–Crippen MR) is 129 cm³/mol. The first-order valence-corrected chi connectivity index (χ1v) is 10.6. The van der Waals surface area contributed by atoms with Gasteiger partial charge in [-0.3, -0.25) is 0 Å². The normalized spacial score (nSPS) is 14.4. The number of hydrogen-bond acceptors (Lipinski definition) is 3. The van der Waals surface area contributed by atoms with Gasteiger partial charge >= 0.3 is 0 Å². The van der Waals surface area contributed by atoms with Crippen molar-refractivity contribution in [2.45, 2.75) is 19.9 Å². The van der Waals surface area contributed by atoms with Crippen LogP contribution in [-0.2, 0) is 20.1 Å². The summed E-state index contributed by atoms with van der Waals surface area (Å²) >= 11 is 0. The van der Waals surface area contributed by atoms with Gasteiger partial charge in [0.2, 0.25) is 0 Å². The van der Waals surface area contributed by atoms with Crippen molar-refractivity contribution < 1.29 is 20.1 Å². The molecule has 0 fully saturated rings. The quantitative estimate of drug-likeness (QED) is 0.241. The molecule has 0 amide bonds. The summed E-state index contributed by atoms with van der Waals surface area (Å²) in [4.78, 5) is 14.4. The summed E-state index contributed by atoms with van der Waals surface area (Å²) < 4.78 is 0. The van der Waals surface area contributed by atoms with E-state index in [9.17, 15) is 0 Å². The Labute approximate surface area is 207 Å². The SMILES string of the molecule is Cc1ccc(-c2nc(-c3c[c-]c(C4C=CC=C[N-]4)cc3)nc(-c3ccc(C)cc3)n2)cc1.[Ir]. The van der Waals surface area contributed by atoms with Crippen molar-refractivity contribution in [2.24, 2.45) is 0 Å². The maximum Gasteiger partial charge on any atom is 0.162 e. The van der Waals surface area contributed by atoms with Crippen molar-refractivity contribution in [3.8, 4) is 34.2 Å². The van der Waals surface area contributed by atoms with Crippen LogP contribution in [0.4, 0.5) is 0 Å². The number of nitrogens with zero attached hydrogens (tertiary/aromatic N) is 4. The van der Waals surface area contributed by atoms with Gasteiger partial charge in [-0.05, 0) is 13.8 Å². The average Bonchev–Trinajstić information content (AvgIpc) is 2.85. The standard InChI is InChI=1S/C28H22N4.Ir/c1-19-6-10-22(11-7-19)26-30-27(23-12-8-20(2)9-13-23)32-28(31-26)24-16-14-21(15-17-24)25-5-3-4-18-29-25;/h3-14,16-18,25H,1-2H3;/q-2;. The van der Waals surface area contributed by atoms with Crippen molar-refractivity contribution >= 4 is 0 Å². The number of aryl methyl sites for hydroxylation is 2. The zero-order valence-corrected chi connectivity index (χ0v) is 20.8. The minimum absolute atomic E-state index is 0. The van der Waals surface area contributed by atoms with Crippen molar-refractivity contribution in [1.82, 2.24) is 15.0 Å². The predicted octanol–water partition coefficient (Wildman–Crippen LogP) is 6.79. The Morgan fingerprint density at radius 3 is 1.64 bits per heavy atom. The van der Waals surface area contributed by atoms with E-state index in [2.05, 4.69) is 55.6 Å². The van der Waals surface area contributed by atoms with E-state index < -0.39 is 0 Å². The first-order valence-electron chi connectivity index (χ1n) is 10.6. The van der Waals surface area contributed by atoms with E-state index in [-0.39, 0.29) is 26.1 Å². The summed E-state index contributed by atoms with van der Waals surface area (Å²) in [6, 6.07) is 25.8. The van der Waals surface area contributed by atoms with Crippen molar-refractivity contribution in [3.05, 3.63) is 119 Å². The van der Waals surface area contributed by atoms with Gasteiger partial charge in [0.15, 0.2) is 11.6 Å². The molecule has 33 heavy (non-hydrogen) atoms. The molecule has 4 aromatic rings. The maximum absolute atomic E-state index is 4.80. The molecule has 1 aliphatic rings. The summed E-state index contributed by atoms with van der Waals surface area (Å²) in [6.07, 6.45) is 7.81. The molecule has 4 nitrogen and oxygen atoms in total. The first-order chi connectivity index (χ1) is 15.7. The van der Waals surface area contributed by atoms with Gasteiger partial charge in [0.1, 0.15) is 5.82 Å². The van der Waals surface area contributed by atoms with Gasteiger partial charge in [0, 0.05) is 31.2 Å². The Bertz CT molecular complexity index is 1230. The molecule has 0 saturated carbocycles. The first kappa shape index (κ1) is 22.8. The molecular weight excluding hydrogens is 585 g/mol. The Hall–Kier alpha value is -3.40. The van der Waals surface area contributed by atoms with Crippen LogP contribution in [0.25, 0.3) is 39.5 Å². The van der Waals surface area contributed by atoms with Gasteiger partial charge in [0.05, 0.1) is 0 Å². The molecule has 1 unspecified atom stereocenters. The van der Waals surface area contributed by atoms with Crippen LogP contribution in [0.1, 0.15) is 22.7 Å². The summed E-state index contributed by atoms with van der Waals surface area (Å²) in [5, 5.41) is 4.48. The summed E-state index contributed by atoms with van der Waals surface area (Å²) in [6.45, 7) is 4.14. The monoisotopic (exact) mass is 607 g/mol. The van der Waals surface area contributed by atoms with Crippen LogP contribution in [-0.4, -0.2) is 15.0 Å². The molecule has 3 aromatic carbocycles. The fourth-order valence-corrected chi connectivity index (χ4v) is 3.52. The van der Waals surface area contributed by atoms with Crippen molar-refractivity contribution in [3.63, 3.8) is 0 Å². The summed E-state index contributed by atoms with van der Waals surface area (Å²) in [5.41, 5.74) is 6.24. The third-order valence-electron chi connectivity index (χ3n) is 5.41. The Morgan fingerprint density at radius 2 is 1.18 bits per heavy atom. The molecule has 5 heteroatoms. The van der Waals surface area contributed by atoms with E-state index in [0.29, 0.717) is 17.5 Å². The minimum Gasteiger partial charge on any atom is -0.683 e. The van der Waals surface area contributed by atoms with E-state index in [1.54, 1.807) is 0 Å². The van der Waals surface area contributed by atoms with Gasteiger partial charge in [-0.1, -0.05) is 89.5 Å². The van der Waals surface area contributed by atoms with Gasteiger partial charge in [0.25, 0.3) is 0 Å². The zero-order chi connectivity index (χ0) is 21.9. The van der Waals surface area contributed by atoms with Crippen LogP contribution in [0.5, 0.6) is 0 Å². The van der Waals surface area contributed by atoms with Crippen LogP contribution >= 0.6 is 0 Å². The van der Waals surface area contributed by atoms with Crippen LogP contribution < -0.4 is 0 Å². The Balaban J connectivity index is 0.00000259. The van der Waals surface area contributed by atoms with Crippen LogP contribution in [0.15, 0.2) is 91.2 Å². The molecule has 0 N–H and O–H groups in total. The van der Waals surface area contributed by atoms with Crippen molar-refractivity contribution in [1.29, 1.82) is 0 Å². The second-order valence-electron chi connectivity index (χ2n) is 7.89. The van der Waals surface area contributed by atoms with Crippen LogP contribution in [0, 0.1) is 19.9 Å². The molecular formula is C28H22IrN4-2.